The molecule has 6 nitrogen and oxygen atoms in total. The maximum Gasteiger partial charge on any atom is 0.172 e. The van der Waals surface area contributed by atoms with E-state index in [9.17, 15) is 0 Å². The third-order valence-electron chi connectivity index (χ3n) is 4.76. The van der Waals surface area contributed by atoms with E-state index in [1.54, 1.807) is 6.20 Å². The van der Waals surface area contributed by atoms with Crippen molar-refractivity contribution >= 4 is 24.0 Å². The van der Waals surface area contributed by atoms with Crippen molar-refractivity contribution in [2.75, 3.05) is 0 Å². The molecule has 0 spiro atoms. The molecule has 4 heterocycles. The number of rotatable bonds is 4. The molecule has 0 saturated heterocycles. The molecule has 1 atom stereocenters. The zero-order valence-electron chi connectivity index (χ0n) is 14.6. The van der Waals surface area contributed by atoms with E-state index in [1.807, 2.05) is 67.5 Å². The van der Waals surface area contributed by atoms with Crippen molar-refractivity contribution in [3.8, 4) is 0 Å². The smallest absolute Gasteiger partial charge is 0.172 e. The minimum absolute atomic E-state index is 0.395. The van der Waals surface area contributed by atoms with E-state index in [-0.39, 0.29) is 0 Å². The number of dihydropyridines is 1. The summed E-state index contributed by atoms with van der Waals surface area (Å²) in [5.41, 5.74) is 2.21. The quantitative estimate of drug-likeness (QED) is 0.845. The van der Waals surface area contributed by atoms with E-state index in [2.05, 4.69) is 26.7 Å². The van der Waals surface area contributed by atoms with Crippen molar-refractivity contribution in [3.05, 3.63) is 71.5 Å². The molecule has 0 amide bonds. The van der Waals surface area contributed by atoms with Crippen molar-refractivity contribution in [1.29, 1.82) is 0 Å². The largest absolute Gasteiger partial charge is 0.360 e. The van der Waals surface area contributed by atoms with Gasteiger partial charge >= 0.3 is 0 Å². The molecule has 0 aromatic carbocycles. The lowest BCUT2D eigenvalue weighted by molar-refractivity contribution is 0.232. The van der Waals surface area contributed by atoms with Crippen LogP contribution in [-0.2, 0) is 17.0 Å². The first kappa shape index (κ1) is 16.7. The average Bonchev–Trinajstić information content (AvgIpc) is 3.32. The predicted molar refractivity (Wildman–Crippen MR) is 103 cm³/mol. The van der Waals surface area contributed by atoms with Crippen LogP contribution in [0.5, 0.6) is 0 Å². The van der Waals surface area contributed by atoms with E-state index in [4.69, 9.17) is 16.6 Å². The molecule has 0 bridgehead atoms. The van der Waals surface area contributed by atoms with Gasteiger partial charge in [0.1, 0.15) is 5.41 Å². The molecule has 0 aliphatic carbocycles. The number of pyridine rings is 1. The number of allylic oxidation sites excluding steroid dienone is 3. The summed E-state index contributed by atoms with van der Waals surface area (Å²) in [7, 11) is 0. The van der Waals surface area contributed by atoms with Gasteiger partial charge in [-0.15, -0.1) is 11.6 Å². The van der Waals surface area contributed by atoms with Crippen LogP contribution in [0.2, 0.25) is 0 Å². The summed E-state index contributed by atoms with van der Waals surface area (Å²) in [6.45, 7) is 3.99. The van der Waals surface area contributed by atoms with Crippen LogP contribution in [0.3, 0.4) is 0 Å². The minimum atomic E-state index is -0.777. The molecule has 4 rings (SSSR count). The zero-order chi connectivity index (χ0) is 18.2. The summed E-state index contributed by atoms with van der Waals surface area (Å²) in [4.78, 5) is 4.78. The first-order chi connectivity index (χ1) is 12.6. The fourth-order valence-corrected chi connectivity index (χ4v) is 3.62. The monoisotopic (exact) mass is 366 g/mol. The highest BCUT2D eigenvalue weighted by atomic mass is 35.5. The van der Waals surface area contributed by atoms with Crippen LogP contribution >= 0.6 is 11.6 Å². The molecule has 2 aromatic rings. The summed E-state index contributed by atoms with van der Waals surface area (Å²) < 4.78 is 1.88. The van der Waals surface area contributed by atoms with Gasteiger partial charge < -0.3 is 5.32 Å². The van der Waals surface area contributed by atoms with E-state index >= 15 is 0 Å². The molecule has 0 saturated carbocycles. The third kappa shape index (κ3) is 2.41. The van der Waals surface area contributed by atoms with Crippen molar-refractivity contribution < 1.29 is 0 Å². The topological polar surface area (TPSA) is 67.5 Å². The van der Waals surface area contributed by atoms with Crippen LogP contribution in [0.1, 0.15) is 23.9 Å². The van der Waals surface area contributed by atoms with Gasteiger partial charge in [-0.25, -0.2) is 4.68 Å². The van der Waals surface area contributed by atoms with E-state index in [0.717, 1.165) is 22.6 Å². The summed E-state index contributed by atoms with van der Waals surface area (Å²) in [5.74, 6) is 0.395. The minimum Gasteiger partial charge on any atom is -0.360 e. The molecular formula is C19H19ClN6. The predicted octanol–water partition coefficient (Wildman–Crippen LogP) is 3.05. The van der Waals surface area contributed by atoms with Gasteiger partial charge in [-0.2, -0.15) is 15.3 Å². The van der Waals surface area contributed by atoms with Crippen LogP contribution in [0.15, 0.2) is 64.7 Å². The summed E-state index contributed by atoms with van der Waals surface area (Å²) in [6.07, 6.45) is 13.5. The third-order valence-corrected chi connectivity index (χ3v) is 5.06. The SMILES string of the molecule is CC1=CC=CC(n2cc(CCl)cn2)(C2(c3cccc(C)n3)C=NN=C2)N1. The molecule has 2 aliphatic rings. The fourth-order valence-electron chi connectivity index (χ4n) is 3.48. The fraction of sp³-hybridized carbons (Fsp3) is 0.263. The van der Waals surface area contributed by atoms with Gasteiger partial charge in [0.2, 0.25) is 0 Å². The normalized spacial score (nSPS) is 23.1. The van der Waals surface area contributed by atoms with Gasteiger partial charge in [-0.3, -0.25) is 4.98 Å². The molecule has 0 fully saturated rings. The van der Waals surface area contributed by atoms with Crippen LogP contribution < -0.4 is 5.32 Å². The molecule has 132 valence electrons. The highest BCUT2D eigenvalue weighted by Gasteiger charge is 2.55. The van der Waals surface area contributed by atoms with Gasteiger partial charge in [0.05, 0.1) is 17.8 Å². The molecule has 7 heteroatoms. The summed E-state index contributed by atoms with van der Waals surface area (Å²) >= 11 is 6.02. The van der Waals surface area contributed by atoms with Crippen LogP contribution in [0, 0.1) is 6.92 Å². The molecular weight excluding hydrogens is 348 g/mol. The second-order valence-electron chi connectivity index (χ2n) is 6.55. The maximum absolute atomic E-state index is 6.02. The lowest BCUT2D eigenvalue weighted by Crippen LogP contribution is -2.62. The molecule has 26 heavy (non-hydrogen) atoms. The zero-order valence-corrected chi connectivity index (χ0v) is 15.4. The Morgan fingerprint density at radius 3 is 2.65 bits per heavy atom. The Kier molecular flexibility index (Phi) is 4.00. The second kappa shape index (κ2) is 6.21. The molecule has 0 radical (unpaired) electrons. The van der Waals surface area contributed by atoms with Crippen molar-refractivity contribution in [2.24, 2.45) is 10.2 Å². The van der Waals surface area contributed by atoms with Crippen LogP contribution in [0.4, 0.5) is 0 Å². The molecule has 2 aromatic heterocycles. The molecule has 1 N–H and O–H groups in total. The number of alkyl halides is 1. The van der Waals surface area contributed by atoms with Gasteiger partial charge in [0.15, 0.2) is 5.66 Å². The standard InChI is InChI=1S/C19H19ClN6/c1-14-5-3-7-17(24-14)18(12-21-22-13-18)19(8-4-6-15(2)25-19)26-11-16(9-20)10-23-26/h3-8,10-13,25H,9H2,1-2H3. The summed E-state index contributed by atoms with van der Waals surface area (Å²) in [5, 5.41) is 16.6. The van der Waals surface area contributed by atoms with Crippen molar-refractivity contribution in [2.45, 2.75) is 30.8 Å². The Bertz CT molecular complexity index is 942. The van der Waals surface area contributed by atoms with Crippen LogP contribution in [-0.4, -0.2) is 27.2 Å². The highest BCUT2D eigenvalue weighted by Crippen LogP contribution is 2.41. The summed E-state index contributed by atoms with van der Waals surface area (Å²) in [6, 6.07) is 5.96. The van der Waals surface area contributed by atoms with E-state index < -0.39 is 11.1 Å². The Balaban J connectivity index is 1.98. The maximum atomic E-state index is 6.02. The number of nitrogens with one attached hydrogen (secondary N) is 1. The van der Waals surface area contributed by atoms with Crippen LogP contribution in [0.25, 0.3) is 0 Å². The number of nitrogens with zero attached hydrogens (tertiary/aromatic N) is 5. The van der Waals surface area contributed by atoms with Gasteiger partial charge in [-0.05, 0) is 38.1 Å². The Morgan fingerprint density at radius 1 is 1.19 bits per heavy atom. The molecule has 2 aliphatic heterocycles. The second-order valence-corrected chi connectivity index (χ2v) is 6.82. The Morgan fingerprint density at radius 2 is 2.00 bits per heavy atom. The first-order valence-corrected chi connectivity index (χ1v) is 8.90. The number of hydrogen-bond donors (Lipinski definition) is 1. The number of hydrogen-bond acceptors (Lipinski definition) is 5. The Hall–Kier alpha value is -2.73. The van der Waals surface area contributed by atoms with E-state index in [1.165, 1.54) is 0 Å². The van der Waals surface area contributed by atoms with Gasteiger partial charge in [-0.1, -0.05) is 12.1 Å². The lowest BCUT2D eigenvalue weighted by Gasteiger charge is -2.45. The Labute approximate surface area is 157 Å². The lowest BCUT2D eigenvalue weighted by atomic mass is 9.72. The number of halogens is 1. The number of aromatic nitrogens is 3. The number of aryl methyl sites for hydroxylation is 1. The highest BCUT2D eigenvalue weighted by molar-refractivity contribution is 6.17. The van der Waals surface area contributed by atoms with Crippen molar-refractivity contribution in [1.82, 2.24) is 20.1 Å². The van der Waals surface area contributed by atoms with Gasteiger partial charge in [0, 0.05) is 35.6 Å². The van der Waals surface area contributed by atoms with Crippen molar-refractivity contribution in [3.63, 3.8) is 0 Å². The molecule has 1 unspecified atom stereocenters. The average molecular weight is 367 g/mol. The van der Waals surface area contributed by atoms with E-state index in [0.29, 0.717) is 5.88 Å². The van der Waals surface area contributed by atoms with Gasteiger partial charge in [0.25, 0.3) is 0 Å². The first-order valence-electron chi connectivity index (χ1n) is 8.37.